The summed E-state index contributed by atoms with van der Waals surface area (Å²) in [5, 5.41) is 9.13. The first-order valence-corrected chi connectivity index (χ1v) is 8.23. The third-order valence-electron chi connectivity index (χ3n) is 4.40. The fraction of sp³-hybridized carbons (Fsp3) is 0.556. The Bertz CT molecular complexity index is 559. The standard InChI is InChI=1S/C18H25NO5/c1-23-15-7-14(8-16(10-15)24-2)11-19(12-18(21)22)17(20)9-13-5-3-4-6-13/h7-8,10,13H,3-6,9,11-12H2,1-2H3,(H,21,22). The lowest BCUT2D eigenvalue weighted by Crippen LogP contribution is -2.36. The summed E-state index contributed by atoms with van der Waals surface area (Å²) in [5.74, 6) is 0.495. The molecule has 1 aromatic carbocycles. The van der Waals surface area contributed by atoms with Crippen LogP contribution in [0.25, 0.3) is 0 Å². The van der Waals surface area contributed by atoms with Crippen LogP contribution in [0.3, 0.4) is 0 Å². The van der Waals surface area contributed by atoms with E-state index in [0.717, 1.165) is 31.2 Å². The van der Waals surface area contributed by atoms with E-state index in [4.69, 9.17) is 14.6 Å². The number of amides is 1. The van der Waals surface area contributed by atoms with Crippen LogP contribution in [0.1, 0.15) is 37.7 Å². The molecule has 1 aliphatic rings. The van der Waals surface area contributed by atoms with Gasteiger partial charge in [-0.1, -0.05) is 12.8 Å². The molecule has 1 N–H and O–H groups in total. The molecule has 24 heavy (non-hydrogen) atoms. The van der Waals surface area contributed by atoms with Crippen molar-refractivity contribution in [3.63, 3.8) is 0 Å². The van der Waals surface area contributed by atoms with Crippen LogP contribution in [0.15, 0.2) is 18.2 Å². The molecule has 0 bridgehead atoms. The van der Waals surface area contributed by atoms with E-state index in [1.165, 1.54) is 4.90 Å². The number of rotatable bonds is 8. The Balaban J connectivity index is 2.12. The van der Waals surface area contributed by atoms with Crippen molar-refractivity contribution in [2.75, 3.05) is 20.8 Å². The molecule has 0 saturated heterocycles. The van der Waals surface area contributed by atoms with Gasteiger partial charge in [0, 0.05) is 19.0 Å². The number of nitrogens with zero attached hydrogens (tertiary/aromatic N) is 1. The fourth-order valence-electron chi connectivity index (χ4n) is 3.16. The second kappa shape index (κ2) is 8.57. The van der Waals surface area contributed by atoms with Crippen molar-refractivity contribution in [2.24, 2.45) is 5.92 Å². The van der Waals surface area contributed by atoms with E-state index in [0.29, 0.717) is 23.8 Å². The Kier molecular flexibility index (Phi) is 6.46. The maximum atomic E-state index is 12.5. The summed E-state index contributed by atoms with van der Waals surface area (Å²) in [6.07, 6.45) is 4.85. The first kappa shape index (κ1) is 18.1. The molecular weight excluding hydrogens is 310 g/mol. The molecule has 0 radical (unpaired) electrons. The topological polar surface area (TPSA) is 76.1 Å². The van der Waals surface area contributed by atoms with Crippen LogP contribution < -0.4 is 9.47 Å². The first-order chi connectivity index (χ1) is 11.5. The lowest BCUT2D eigenvalue weighted by atomic mass is 10.0. The summed E-state index contributed by atoms with van der Waals surface area (Å²) in [4.78, 5) is 25.1. The lowest BCUT2D eigenvalue weighted by molar-refractivity contribution is -0.145. The molecule has 0 heterocycles. The molecule has 1 amide bonds. The van der Waals surface area contributed by atoms with Gasteiger partial charge >= 0.3 is 5.97 Å². The Labute approximate surface area is 142 Å². The van der Waals surface area contributed by atoms with Crippen LogP contribution in [0, 0.1) is 5.92 Å². The highest BCUT2D eigenvalue weighted by Crippen LogP contribution is 2.29. The smallest absolute Gasteiger partial charge is 0.323 e. The number of carbonyl (C=O) groups is 2. The second-order valence-electron chi connectivity index (χ2n) is 6.22. The number of methoxy groups -OCH3 is 2. The lowest BCUT2D eigenvalue weighted by Gasteiger charge is -2.23. The molecule has 0 unspecified atom stereocenters. The number of benzene rings is 1. The molecule has 132 valence electrons. The van der Waals surface area contributed by atoms with Gasteiger partial charge in [-0.15, -0.1) is 0 Å². The summed E-state index contributed by atoms with van der Waals surface area (Å²) in [7, 11) is 3.11. The summed E-state index contributed by atoms with van der Waals surface area (Å²) in [6, 6.07) is 5.33. The maximum absolute atomic E-state index is 12.5. The molecule has 6 heteroatoms. The van der Waals surface area contributed by atoms with E-state index in [1.807, 2.05) is 0 Å². The molecule has 0 aliphatic heterocycles. The highest BCUT2D eigenvalue weighted by Gasteiger charge is 2.23. The quantitative estimate of drug-likeness (QED) is 0.790. The third-order valence-corrected chi connectivity index (χ3v) is 4.40. The molecule has 1 saturated carbocycles. The average molecular weight is 335 g/mol. The molecule has 1 aliphatic carbocycles. The number of carboxylic acids is 1. The van der Waals surface area contributed by atoms with Gasteiger partial charge in [0.25, 0.3) is 0 Å². The van der Waals surface area contributed by atoms with E-state index in [9.17, 15) is 9.59 Å². The first-order valence-electron chi connectivity index (χ1n) is 8.23. The summed E-state index contributed by atoms with van der Waals surface area (Å²) >= 11 is 0. The van der Waals surface area contributed by atoms with E-state index in [-0.39, 0.29) is 19.0 Å². The minimum Gasteiger partial charge on any atom is -0.497 e. The van der Waals surface area contributed by atoms with Crippen molar-refractivity contribution in [3.8, 4) is 11.5 Å². The number of carboxylic acid groups (broad SMARTS) is 1. The van der Waals surface area contributed by atoms with Gasteiger partial charge in [-0.25, -0.2) is 0 Å². The van der Waals surface area contributed by atoms with E-state index in [1.54, 1.807) is 32.4 Å². The zero-order valence-corrected chi connectivity index (χ0v) is 14.3. The van der Waals surface area contributed by atoms with Crippen LogP contribution in [-0.4, -0.2) is 42.6 Å². The Morgan fingerprint density at radius 2 is 1.71 bits per heavy atom. The number of carbonyl (C=O) groups excluding carboxylic acids is 1. The van der Waals surface area contributed by atoms with Gasteiger partial charge in [0.15, 0.2) is 0 Å². The van der Waals surface area contributed by atoms with Crippen LogP contribution in [-0.2, 0) is 16.1 Å². The summed E-state index contributed by atoms with van der Waals surface area (Å²) < 4.78 is 10.5. The molecule has 0 aromatic heterocycles. The number of hydrogen-bond donors (Lipinski definition) is 1. The SMILES string of the molecule is COc1cc(CN(CC(=O)O)C(=O)CC2CCCC2)cc(OC)c1. The van der Waals surface area contributed by atoms with Crippen molar-refractivity contribution in [1.29, 1.82) is 0 Å². The van der Waals surface area contributed by atoms with Crippen molar-refractivity contribution >= 4 is 11.9 Å². The van der Waals surface area contributed by atoms with Gasteiger partial charge in [-0.2, -0.15) is 0 Å². The molecule has 2 rings (SSSR count). The van der Waals surface area contributed by atoms with Crippen molar-refractivity contribution in [3.05, 3.63) is 23.8 Å². The molecular formula is C18H25NO5. The minimum absolute atomic E-state index is 0.105. The van der Waals surface area contributed by atoms with E-state index < -0.39 is 5.97 Å². The Morgan fingerprint density at radius 3 is 2.21 bits per heavy atom. The monoisotopic (exact) mass is 335 g/mol. The summed E-state index contributed by atoms with van der Waals surface area (Å²) in [6.45, 7) is -0.0729. The zero-order chi connectivity index (χ0) is 17.5. The molecule has 1 aromatic rings. The van der Waals surface area contributed by atoms with E-state index >= 15 is 0 Å². The molecule has 0 spiro atoms. The van der Waals surface area contributed by atoms with Crippen LogP contribution in [0.4, 0.5) is 0 Å². The molecule has 0 atom stereocenters. The van der Waals surface area contributed by atoms with Crippen LogP contribution >= 0.6 is 0 Å². The molecule has 6 nitrogen and oxygen atoms in total. The zero-order valence-electron chi connectivity index (χ0n) is 14.3. The number of hydrogen-bond acceptors (Lipinski definition) is 4. The van der Waals surface area contributed by atoms with Crippen LogP contribution in [0.2, 0.25) is 0 Å². The minimum atomic E-state index is -1.01. The third kappa shape index (κ3) is 5.15. The van der Waals surface area contributed by atoms with Gasteiger partial charge in [0.1, 0.15) is 18.0 Å². The highest BCUT2D eigenvalue weighted by atomic mass is 16.5. The van der Waals surface area contributed by atoms with Crippen molar-refractivity contribution in [2.45, 2.75) is 38.6 Å². The van der Waals surface area contributed by atoms with Crippen molar-refractivity contribution < 1.29 is 24.2 Å². The Hall–Kier alpha value is -2.24. The largest absolute Gasteiger partial charge is 0.497 e. The normalized spacial score (nSPS) is 14.4. The second-order valence-corrected chi connectivity index (χ2v) is 6.22. The predicted molar refractivity (Wildman–Crippen MR) is 89.2 cm³/mol. The average Bonchev–Trinajstić information content (AvgIpc) is 3.06. The number of aliphatic carboxylic acids is 1. The fourth-order valence-corrected chi connectivity index (χ4v) is 3.16. The predicted octanol–water partition coefficient (Wildman–Crippen LogP) is 2.70. The summed E-state index contributed by atoms with van der Waals surface area (Å²) in [5.41, 5.74) is 0.784. The van der Waals surface area contributed by atoms with E-state index in [2.05, 4.69) is 0 Å². The van der Waals surface area contributed by atoms with Gasteiger partial charge < -0.3 is 19.5 Å². The van der Waals surface area contributed by atoms with Gasteiger partial charge in [-0.05, 0) is 36.5 Å². The maximum Gasteiger partial charge on any atom is 0.323 e. The van der Waals surface area contributed by atoms with Crippen molar-refractivity contribution in [1.82, 2.24) is 4.90 Å². The van der Waals surface area contributed by atoms with Gasteiger partial charge in [0.2, 0.25) is 5.91 Å². The highest BCUT2D eigenvalue weighted by molar-refractivity contribution is 5.81. The Morgan fingerprint density at radius 1 is 1.12 bits per heavy atom. The number of ether oxygens (including phenoxy) is 2. The van der Waals surface area contributed by atoms with Gasteiger partial charge in [-0.3, -0.25) is 9.59 Å². The molecule has 1 fully saturated rings. The van der Waals surface area contributed by atoms with Gasteiger partial charge in [0.05, 0.1) is 14.2 Å². The van der Waals surface area contributed by atoms with Crippen LogP contribution in [0.5, 0.6) is 11.5 Å².